The number of nitrogens with zero attached hydrogens (tertiary/aromatic N) is 4. The van der Waals surface area contributed by atoms with Gasteiger partial charge < -0.3 is 14.2 Å². The summed E-state index contributed by atoms with van der Waals surface area (Å²) in [6, 6.07) is 15.0. The smallest absolute Gasteiger partial charge is 0.274 e. The lowest BCUT2D eigenvalue weighted by atomic mass is 10.1. The summed E-state index contributed by atoms with van der Waals surface area (Å²) in [5.74, 6) is 0.704. The van der Waals surface area contributed by atoms with Crippen LogP contribution >= 0.6 is 0 Å². The Bertz CT molecular complexity index is 1040. The maximum absolute atomic E-state index is 13.1. The van der Waals surface area contributed by atoms with E-state index in [1.54, 1.807) is 4.90 Å². The van der Waals surface area contributed by atoms with Crippen molar-refractivity contribution in [2.45, 2.75) is 38.6 Å². The van der Waals surface area contributed by atoms with Crippen LogP contribution in [0.15, 0.2) is 54.7 Å². The van der Waals surface area contributed by atoms with Gasteiger partial charge >= 0.3 is 0 Å². The Morgan fingerprint density at radius 2 is 1.90 bits per heavy atom. The van der Waals surface area contributed by atoms with E-state index in [1.165, 1.54) is 0 Å². The molecule has 6 heteroatoms. The summed E-state index contributed by atoms with van der Waals surface area (Å²) in [5.41, 5.74) is 1.93. The van der Waals surface area contributed by atoms with Crippen molar-refractivity contribution in [1.29, 1.82) is 0 Å². The minimum absolute atomic E-state index is 0.0127. The van der Waals surface area contributed by atoms with Crippen molar-refractivity contribution in [3.8, 4) is 0 Å². The molecule has 0 aliphatic carbocycles. The van der Waals surface area contributed by atoms with Gasteiger partial charge in [-0.3, -0.25) is 9.59 Å². The van der Waals surface area contributed by atoms with Crippen LogP contribution in [0, 0.1) is 0 Å². The van der Waals surface area contributed by atoms with Crippen molar-refractivity contribution in [2.24, 2.45) is 0 Å². The third kappa shape index (κ3) is 3.70. The average molecular weight is 405 g/mol. The zero-order chi connectivity index (χ0) is 21.1. The number of hydrogen-bond donors (Lipinski definition) is 0. The number of likely N-dealkylation sites (tertiary alicyclic amines) is 1. The van der Waals surface area contributed by atoms with Crippen LogP contribution in [0.25, 0.3) is 5.52 Å². The Labute approximate surface area is 177 Å². The molecule has 0 N–H and O–H groups in total. The molecule has 1 aromatic carbocycles. The number of unbranched alkanes of at least 4 members (excludes halogenated alkanes) is 1. The second-order valence-electron chi connectivity index (χ2n) is 7.88. The van der Waals surface area contributed by atoms with Gasteiger partial charge in [0, 0.05) is 31.9 Å². The first-order chi connectivity index (χ1) is 14.6. The number of rotatable bonds is 6. The minimum atomic E-state index is -0.143. The molecule has 156 valence electrons. The fourth-order valence-corrected chi connectivity index (χ4v) is 4.16. The van der Waals surface area contributed by atoms with Crippen LogP contribution in [0.2, 0.25) is 0 Å². The molecule has 1 unspecified atom stereocenters. The Morgan fingerprint density at radius 1 is 1.13 bits per heavy atom. The van der Waals surface area contributed by atoms with E-state index in [1.807, 2.05) is 71.1 Å². The van der Waals surface area contributed by atoms with E-state index in [2.05, 4.69) is 6.92 Å². The molecule has 4 rings (SSSR count). The van der Waals surface area contributed by atoms with Gasteiger partial charge in [-0.25, -0.2) is 4.98 Å². The molecule has 1 fully saturated rings. The van der Waals surface area contributed by atoms with Gasteiger partial charge in [0.1, 0.15) is 5.82 Å². The molecule has 3 heterocycles. The van der Waals surface area contributed by atoms with Crippen molar-refractivity contribution in [1.82, 2.24) is 19.2 Å². The SMILES string of the molecule is CCCCN(C)C(=O)c1nc(C2CCCN2C(=O)c2ccccc2)n2ccccc12. The normalized spacial score (nSPS) is 16.2. The summed E-state index contributed by atoms with van der Waals surface area (Å²) >= 11 is 0. The monoisotopic (exact) mass is 404 g/mol. The summed E-state index contributed by atoms with van der Waals surface area (Å²) in [6.07, 6.45) is 5.69. The number of carbonyl (C=O) groups excluding carboxylic acids is 2. The largest absolute Gasteiger partial charge is 0.340 e. The van der Waals surface area contributed by atoms with Crippen LogP contribution in [-0.4, -0.2) is 51.1 Å². The van der Waals surface area contributed by atoms with E-state index in [4.69, 9.17) is 4.98 Å². The summed E-state index contributed by atoms with van der Waals surface area (Å²) in [7, 11) is 1.83. The summed E-state index contributed by atoms with van der Waals surface area (Å²) in [4.78, 5) is 34.7. The standard InChI is InChI=1S/C24H28N4O2/c1-3-4-15-26(2)24(30)21-19-13-8-9-16-27(19)22(25-21)20-14-10-17-28(20)23(29)18-11-6-5-7-12-18/h5-9,11-13,16,20H,3-4,10,14-15,17H2,1-2H3. The molecule has 2 amide bonds. The van der Waals surface area contributed by atoms with Gasteiger partial charge in [0.25, 0.3) is 11.8 Å². The predicted octanol–water partition coefficient (Wildman–Crippen LogP) is 4.18. The van der Waals surface area contributed by atoms with E-state index in [0.29, 0.717) is 24.3 Å². The molecule has 1 aliphatic heterocycles. The highest BCUT2D eigenvalue weighted by Crippen LogP contribution is 2.34. The van der Waals surface area contributed by atoms with E-state index in [9.17, 15) is 9.59 Å². The van der Waals surface area contributed by atoms with Crippen LogP contribution in [0.3, 0.4) is 0 Å². The molecule has 3 aromatic rings. The van der Waals surface area contributed by atoms with Crippen LogP contribution in [-0.2, 0) is 0 Å². The van der Waals surface area contributed by atoms with E-state index < -0.39 is 0 Å². The second-order valence-corrected chi connectivity index (χ2v) is 7.88. The van der Waals surface area contributed by atoms with Crippen molar-refractivity contribution in [2.75, 3.05) is 20.1 Å². The Balaban J connectivity index is 1.70. The number of fused-ring (bicyclic) bond motifs is 1. The maximum atomic E-state index is 13.1. The number of benzene rings is 1. The van der Waals surface area contributed by atoms with Crippen LogP contribution < -0.4 is 0 Å². The highest BCUT2D eigenvalue weighted by atomic mass is 16.2. The van der Waals surface area contributed by atoms with Crippen LogP contribution in [0.5, 0.6) is 0 Å². The molecule has 0 bridgehead atoms. The lowest BCUT2D eigenvalue weighted by Gasteiger charge is -2.24. The number of carbonyl (C=O) groups is 2. The molecule has 30 heavy (non-hydrogen) atoms. The molecule has 0 spiro atoms. The molecule has 0 radical (unpaired) electrons. The van der Waals surface area contributed by atoms with Gasteiger partial charge in [0.15, 0.2) is 5.69 Å². The van der Waals surface area contributed by atoms with Gasteiger partial charge in [-0.05, 0) is 43.5 Å². The molecule has 0 saturated carbocycles. The van der Waals surface area contributed by atoms with Gasteiger partial charge in [0.05, 0.1) is 11.6 Å². The Morgan fingerprint density at radius 3 is 2.67 bits per heavy atom. The Kier molecular flexibility index (Phi) is 5.84. The fourth-order valence-electron chi connectivity index (χ4n) is 4.16. The molecular weight excluding hydrogens is 376 g/mol. The summed E-state index contributed by atoms with van der Waals surface area (Å²) in [5, 5.41) is 0. The van der Waals surface area contributed by atoms with Gasteiger partial charge in [0.2, 0.25) is 0 Å². The lowest BCUT2D eigenvalue weighted by molar-refractivity contribution is 0.0729. The van der Waals surface area contributed by atoms with Gasteiger partial charge in [-0.1, -0.05) is 37.6 Å². The topological polar surface area (TPSA) is 57.9 Å². The van der Waals surface area contributed by atoms with E-state index in [0.717, 1.165) is 37.0 Å². The third-order valence-electron chi connectivity index (χ3n) is 5.80. The van der Waals surface area contributed by atoms with Crippen LogP contribution in [0.1, 0.15) is 65.3 Å². The molecule has 1 aliphatic rings. The van der Waals surface area contributed by atoms with Crippen molar-refractivity contribution >= 4 is 17.3 Å². The zero-order valence-electron chi connectivity index (χ0n) is 17.6. The second kappa shape index (κ2) is 8.69. The first kappa shape index (κ1) is 20.1. The van der Waals surface area contributed by atoms with Crippen LogP contribution in [0.4, 0.5) is 0 Å². The predicted molar refractivity (Wildman–Crippen MR) is 117 cm³/mol. The van der Waals surface area contributed by atoms with Crippen molar-refractivity contribution in [3.63, 3.8) is 0 Å². The molecule has 2 aromatic heterocycles. The van der Waals surface area contributed by atoms with E-state index in [-0.39, 0.29) is 17.9 Å². The molecule has 1 atom stereocenters. The van der Waals surface area contributed by atoms with E-state index >= 15 is 0 Å². The minimum Gasteiger partial charge on any atom is -0.340 e. The summed E-state index contributed by atoms with van der Waals surface area (Å²) < 4.78 is 1.97. The fraction of sp³-hybridized carbons (Fsp3) is 0.375. The van der Waals surface area contributed by atoms with Crippen molar-refractivity contribution < 1.29 is 9.59 Å². The van der Waals surface area contributed by atoms with Crippen molar-refractivity contribution in [3.05, 3.63) is 71.8 Å². The quantitative estimate of drug-likeness (QED) is 0.619. The molecule has 6 nitrogen and oxygen atoms in total. The van der Waals surface area contributed by atoms with Gasteiger partial charge in [-0.15, -0.1) is 0 Å². The number of imidazole rings is 1. The molecule has 1 saturated heterocycles. The number of pyridine rings is 1. The lowest BCUT2D eigenvalue weighted by Crippen LogP contribution is -2.31. The number of aromatic nitrogens is 2. The number of amides is 2. The zero-order valence-corrected chi connectivity index (χ0v) is 17.6. The first-order valence-electron chi connectivity index (χ1n) is 10.7. The highest BCUT2D eigenvalue weighted by molar-refractivity contribution is 5.99. The Hall–Kier alpha value is -3.15. The summed E-state index contributed by atoms with van der Waals surface area (Å²) in [6.45, 7) is 3.51. The average Bonchev–Trinajstić information content (AvgIpc) is 3.42. The molecular formula is C24H28N4O2. The number of hydrogen-bond acceptors (Lipinski definition) is 3. The highest BCUT2D eigenvalue weighted by Gasteiger charge is 2.34. The van der Waals surface area contributed by atoms with Gasteiger partial charge in [-0.2, -0.15) is 0 Å². The maximum Gasteiger partial charge on any atom is 0.274 e. The third-order valence-corrected chi connectivity index (χ3v) is 5.80. The first-order valence-corrected chi connectivity index (χ1v) is 10.7.